The van der Waals surface area contributed by atoms with Crippen molar-refractivity contribution in [2.45, 2.75) is 19.8 Å². The van der Waals surface area contributed by atoms with Gasteiger partial charge in [0.05, 0.1) is 16.5 Å². The van der Waals surface area contributed by atoms with Crippen molar-refractivity contribution in [2.75, 3.05) is 0 Å². The van der Waals surface area contributed by atoms with E-state index in [9.17, 15) is 4.79 Å². The Bertz CT molecular complexity index is 589. The van der Waals surface area contributed by atoms with Crippen LogP contribution in [-0.4, -0.2) is 15.6 Å². The van der Waals surface area contributed by atoms with E-state index in [2.05, 4.69) is 5.10 Å². The first-order chi connectivity index (χ1) is 8.51. The smallest absolute Gasteiger partial charge is 0.171 e. The fourth-order valence-electron chi connectivity index (χ4n) is 1.70. The Morgan fingerprint density at radius 2 is 2.17 bits per heavy atom. The minimum Gasteiger partial charge on any atom is -0.294 e. The number of hydrogen-bond donors (Lipinski definition) is 0. The predicted octanol–water partition coefficient (Wildman–Crippen LogP) is 3.78. The van der Waals surface area contributed by atoms with E-state index >= 15 is 0 Å². The highest BCUT2D eigenvalue weighted by Gasteiger charge is 2.16. The van der Waals surface area contributed by atoms with Gasteiger partial charge in [-0.1, -0.05) is 30.1 Å². The highest BCUT2D eigenvalue weighted by Crippen LogP contribution is 2.31. The van der Waals surface area contributed by atoms with Crippen molar-refractivity contribution in [3.8, 4) is 0 Å². The summed E-state index contributed by atoms with van der Waals surface area (Å²) < 4.78 is 2.71. The van der Waals surface area contributed by atoms with Gasteiger partial charge in [-0.25, -0.2) is 0 Å². The molecule has 6 heteroatoms. The van der Waals surface area contributed by atoms with Gasteiger partial charge in [0, 0.05) is 18.3 Å². The lowest BCUT2D eigenvalue weighted by molar-refractivity contribution is 0.0991. The zero-order valence-corrected chi connectivity index (χ0v) is 12.4. The maximum absolute atomic E-state index is 12.1. The Morgan fingerprint density at radius 3 is 2.67 bits per heavy atom. The molecule has 3 nitrogen and oxygen atoms in total. The number of aryl methyl sites for hydroxylation is 2. The first-order valence-electron chi connectivity index (χ1n) is 5.51. The molecule has 0 atom stereocenters. The summed E-state index contributed by atoms with van der Waals surface area (Å²) in [6.07, 6.45) is 1.14. The van der Waals surface area contributed by atoms with Crippen LogP contribution >= 0.6 is 34.5 Å². The number of Topliss-reactive ketones (excluding diaryl/α,β-unsaturated/α-hetero) is 1. The third-order valence-electron chi connectivity index (χ3n) is 2.69. The fraction of sp³-hybridized carbons (Fsp3) is 0.333. The summed E-state index contributed by atoms with van der Waals surface area (Å²) in [5.74, 6) is -0.0335. The molecule has 0 saturated carbocycles. The molecule has 2 rings (SSSR count). The molecule has 0 aliphatic rings. The van der Waals surface area contributed by atoms with Crippen molar-refractivity contribution in [2.24, 2.45) is 7.05 Å². The quantitative estimate of drug-likeness (QED) is 0.806. The van der Waals surface area contributed by atoms with Gasteiger partial charge in [0.15, 0.2) is 5.78 Å². The van der Waals surface area contributed by atoms with Crippen LogP contribution in [0.25, 0.3) is 0 Å². The van der Waals surface area contributed by atoms with E-state index in [1.807, 2.05) is 20.0 Å². The molecule has 2 aromatic heterocycles. The number of carbonyl (C=O) groups is 1. The topological polar surface area (TPSA) is 34.9 Å². The second-order valence-corrected chi connectivity index (χ2v) is 6.23. The maximum atomic E-state index is 12.1. The van der Waals surface area contributed by atoms with E-state index in [0.29, 0.717) is 14.2 Å². The second-order valence-electron chi connectivity index (χ2n) is 3.94. The number of hydrogen-bond acceptors (Lipinski definition) is 3. The third kappa shape index (κ3) is 2.76. The van der Waals surface area contributed by atoms with Crippen LogP contribution in [0.1, 0.15) is 28.7 Å². The SMILES string of the molecule is CCc1cc(CC(=O)c2cc(Cl)sc2Cl)n(C)n1. The van der Waals surface area contributed by atoms with Crippen molar-refractivity contribution >= 4 is 40.3 Å². The molecule has 0 spiro atoms. The van der Waals surface area contributed by atoms with Crippen LogP contribution in [0.4, 0.5) is 0 Å². The third-order valence-corrected chi connectivity index (χ3v) is 4.18. The molecule has 0 radical (unpaired) electrons. The Balaban J connectivity index is 2.21. The van der Waals surface area contributed by atoms with E-state index in [-0.39, 0.29) is 12.2 Å². The van der Waals surface area contributed by atoms with Crippen LogP contribution in [0.5, 0.6) is 0 Å². The number of carbonyl (C=O) groups excluding carboxylic acids is 1. The Hall–Kier alpha value is -0.840. The average molecular weight is 303 g/mol. The maximum Gasteiger partial charge on any atom is 0.171 e. The van der Waals surface area contributed by atoms with Crippen LogP contribution < -0.4 is 0 Å². The summed E-state index contributed by atoms with van der Waals surface area (Å²) in [7, 11) is 1.84. The molecule has 0 aromatic carbocycles. The van der Waals surface area contributed by atoms with Crippen LogP contribution in [0.2, 0.25) is 8.67 Å². The van der Waals surface area contributed by atoms with Crippen LogP contribution in [0.15, 0.2) is 12.1 Å². The summed E-state index contributed by atoms with van der Waals surface area (Å²) >= 11 is 13.0. The van der Waals surface area contributed by atoms with Crippen molar-refractivity contribution in [3.05, 3.63) is 37.8 Å². The summed E-state index contributed by atoms with van der Waals surface area (Å²) in [6.45, 7) is 2.03. The van der Waals surface area contributed by atoms with E-state index in [1.54, 1.807) is 10.7 Å². The Morgan fingerprint density at radius 1 is 1.44 bits per heavy atom. The Kier molecular flexibility index (Phi) is 4.10. The van der Waals surface area contributed by atoms with Crippen molar-refractivity contribution in [3.63, 3.8) is 0 Å². The molecular weight excluding hydrogens is 291 g/mol. The molecule has 18 heavy (non-hydrogen) atoms. The second kappa shape index (κ2) is 5.43. The van der Waals surface area contributed by atoms with E-state index < -0.39 is 0 Å². The lowest BCUT2D eigenvalue weighted by Gasteiger charge is -2.00. The van der Waals surface area contributed by atoms with Gasteiger partial charge in [0.2, 0.25) is 0 Å². The number of nitrogens with zero attached hydrogens (tertiary/aromatic N) is 2. The monoisotopic (exact) mass is 302 g/mol. The lowest BCUT2D eigenvalue weighted by Crippen LogP contribution is -2.07. The first kappa shape index (κ1) is 13.6. The number of aromatic nitrogens is 2. The zero-order valence-electron chi connectivity index (χ0n) is 10.0. The molecule has 0 bridgehead atoms. The molecular formula is C12H12Cl2N2OS. The normalized spacial score (nSPS) is 10.9. The molecule has 0 unspecified atom stereocenters. The molecule has 0 aliphatic heterocycles. The minimum atomic E-state index is -0.0335. The molecule has 2 aromatic rings. The van der Waals surface area contributed by atoms with Crippen LogP contribution in [0, 0.1) is 0 Å². The van der Waals surface area contributed by atoms with Crippen LogP contribution in [0.3, 0.4) is 0 Å². The van der Waals surface area contributed by atoms with E-state index in [4.69, 9.17) is 23.2 Å². The van der Waals surface area contributed by atoms with Gasteiger partial charge in [-0.2, -0.15) is 5.10 Å². The number of rotatable bonds is 4. The largest absolute Gasteiger partial charge is 0.294 e. The number of thiophene rings is 1. The average Bonchev–Trinajstić information content (AvgIpc) is 2.82. The number of ketones is 1. The highest BCUT2D eigenvalue weighted by atomic mass is 35.5. The van der Waals surface area contributed by atoms with Crippen molar-refractivity contribution in [1.29, 1.82) is 0 Å². The molecule has 0 fully saturated rings. The fourth-order valence-corrected chi connectivity index (χ4v) is 3.20. The molecule has 2 heterocycles. The van der Waals surface area contributed by atoms with Gasteiger partial charge >= 0.3 is 0 Å². The summed E-state index contributed by atoms with van der Waals surface area (Å²) in [5, 5.41) is 4.31. The highest BCUT2D eigenvalue weighted by molar-refractivity contribution is 7.20. The van der Waals surface area contributed by atoms with Gasteiger partial charge in [0.1, 0.15) is 4.34 Å². The van der Waals surface area contributed by atoms with Gasteiger partial charge in [-0.05, 0) is 18.6 Å². The Labute approximate surface area is 119 Å². The summed E-state index contributed by atoms with van der Waals surface area (Å²) in [4.78, 5) is 12.1. The van der Waals surface area contributed by atoms with Gasteiger partial charge in [-0.15, -0.1) is 11.3 Å². The number of halogens is 2. The van der Waals surface area contributed by atoms with E-state index in [1.165, 1.54) is 11.3 Å². The molecule has 0 saturated heterocycles. The van der Waals surface area contributed by atoms with Crippen molar-refractivity contribution < 1.29 is 4.79 Å². The lowest BCUT2D eigenvalue weighted by atomic mass is 10.1. The predicted molar refractivity (Wildman–Crippen MR) is 75.0 cm³/mol. The van der Waals surface area contributed by atoms with Gasteiger partial charge in [-0.3, -0.25) is 9.48 Å². The van der Waals surface area contributed by atoms with Gasteiger partial charge in [0.25, 0.3) is 0 Å². The summed E-state index contributed by atoms with van der Waals surface area (Å²) in [6, 6.07) is 3.56. The zero-order chi connectivity index (χ0) is 13.3. The minimum absolute atomic E-state index is 0.0335. The van der Waals surface area contributed by atoms with Crippen molar-refractivity contribution in [1.82, 2.24) is 9.78 Å². The standard InChI is InChI=1S/C12H12Cl2N2OS/c1-3-7-4-8(16(2)15-7)5-10(17)9-6-11(13)18-12(9)14/h4,6H,3,5H2,1-2H3. The molecule has 0 N–H and O–H groups in total. The summed E-state index contributed by atoms with van der Waals surface area (Å²) in [5.41, 5.74) is 2.36. The first-order valence-corrected chi connectivity index (χ1v) is 7.08. The van der Waals surface area contributed by atoms with Gasteiger partial charge < -0.3 is 0 Å². The van der Waals surface area contributed by atoms with E-state index in [0.717, 1.165) is 17.8 Å². The van der Waals surface area contributed by atoms with Crippen LogP contribution in [-0.2, 0) is 19.9 Å². The molecule has 0 amide bonds. The molecule has 0 aliphatic carbocycles. The molecule has 96 valence electrons.